The molecule has 0 saturated carbocycles. The summed E-state index contributed by atoms with van der Waals surface area (Å²) in [5, 5.41) is 3.04. The summed E-state index contributed by atoms with van der Waals surface area (Å²) in [5.41, 5.74) is 5.33. The monoisotopic (exact) mass is 322 g/mol. The molecular weight excluding hydrogens is 296 g/mol. The lowest BCUT2D eigenvalue weighted by molar-refractivity contribution is -0.121. The molecule has 1 heterocycles. The Bertz CT molecular complexity index is 681. The van der Waals surface area contributed by atoms with Gasteiger partial charge in [-0.3, -0.25) is 4.79 Å². The maximum Gasteiger partial charge on any atom is 0.220 e. The summed E-state index contributed by atoms with van der Waals surface area (Å²) in [5.74, 6) is 0.136. The van der Waals surface area contributed by atoms with Crippen molar-refractivity contribution in [3.05, 3.63) is 65.2 Å². The van der Waals surface area contributed by atoms with E-state index in [1.165, 1.54) is 28.8 Å². The zero-order chi connectivity index (χ0) is 16.8. The van der Waals surface area contributed by atoms with E-state index in [-0.39, 0.29) is 5.91 Å². The second-order valence-corrected chi connectivity index (χ2v) is 6.57. The molecule has 1 aliphatic rings. The van der Waals surface area contributed by atoms with Gasteiger partial charge < -0.3 is 10.2 Å². The lowest BCUT2D eigenvalue weighted by Crippen LogP contribution is -2.26. The van der Waals surface area contributed by atoms with Crippen LogP contribution in [0.5, 0.6) is 0 Å². The maximum atomic E-state index is 12.0. The molecule has 0 radical (unpaired) electrons. The molecule has 2 aromatic rings. The summed E-state index contributed by atoms with van der Waals surface area (Å²) in [6.07, 6.45) is 4.64. The van der Waals surface area contributed by atoms with E-state index in [2.05, 4.69) is 47.6 Å². The second kappa shape index (κ2) is 8.00. The maximum absolute atomic E-state index is 12.0. The van der Waals surface area contributed by atoms with Gasteiger partial charge in [0.05, 0.1) is 0 Å². The normalized spacial score (nSPS) is 13.5. The molecule has 3 rings (SSSR count). The van der Waals surface area contributed by atoms with E-state index in [0.717, 1.165) is 25.8 Å². The SMILES string of the molecule is CN1CCCc2cc(CCNC(=O)CCc3ccccc3)ccc21. The molecular formula is C21H26N2O. The predicted octanol–water partition coefficient (Wildman–Crippen LogP) is 3.36. The third-order valence-corrected chi connectivity index (χ3v) is 4.71. The predicted molar refractivity (Wildman–Crippen MR) is 99.5 cm³/mol. The minimum atomic E-state index is 0.136. The second-order valence-electron chi connectivity index (χ2n) is 6.57. The zero-order valence-corrected chi connectivity index (χ0v) is 14.4. The van der Waals surface area contributed by atoms with Crippen LogP contribution >= 0.6 is 0 Å². The Hall–Kier alpha value is -2.29. The molecule has 0 atom stereocenters. The van der Waals surface area contributed by atoms with Gasteiger partial charge in [-0.25, -0.2) is 0 Å². The van der Waals surface area contributed by atoms with Crippen LogP contribution in [0.3, 0.4) is 0 Å². The zero-order valence-electron chi connectivity index (χ0n) is 14.4. The molecule has 0 unspecified atom stereocenters. The van der Waals surface area contributed by atoms with E-state index in [4.69, 9.17) is 0 Å². The van der Waals surface area contributed by atoms with Gasteiger partial charge >= 0.3 is 0 Å². The van der Waals surface area contributed by atoms with Crippen molar-refractivity contribution in [1.29, 1.82) is 0 Å². The van der Waals surface area contributed by atoms with Crippen molar-refractivity contribution in [1.82, 2.24) is 5.32 Å². The molecule has 0 aliphatic carbocycles. The molecule has 0 fully saturated rings. The van der Waals surface area contributed by atoms with Gasteiger partial charge in [0.25, 0.3) is 0 Å². The number of benzene rings is 2. The number of nitrogens with zero attached hydrogens (tertiary/aromatic N) is 1. The first kappa shape index (κ1) is 16.6. The molecule has 1 N–H and O–H groups in total. The third-order valence-electron chi connectivity index (χ3n) is 4.71. The molecule has 24 heavy (non-hydrogen) atoms. The molecule has 0 bridgehead atoms. The van der Waals surface area contributed by atoms with Crippen molar-refractivity contribution >= 4 is 11.6 Å². The van der Waals surface area contributed by atoms with Crippen LogP contribution in [-0.4, -0.2) is 26.0 Å². The first-order chi connectivity index (χ1) is 11.7. The van der Waals surface area contributed by atoms with Crippen LogP contribution in [0.25, 0.3) is 0 Å². The standard InChI is InChI=1S/C21H26N2O/c1-23-15-5-8-19-16-18(9-11-20(19)23)13-14-22-21(24)12-10-17-6-3-2-4-7-17/h2-4,6-7,9,11,16H,5,8,10,12-15H2,1H3,(H,22,24). The highest BCUT2D eigenvalue weighted by atomic mass is 16.1. The van der Waals surface area contributed by atoms with Gasteiger partial charge in [-0.2, -0.15) is 0 Å². The number of carbonyl (C=O) groups excluding carboxylic acids is 1. The Labute approximate surface area is 144 Å². The van der Waals surface area contributed by atoms with E-state index in [1.54, 1.807) is 0 Å². The van der Waals surface area contributed by atoms with E-state index >= 15 is 0 Å². The van der Waals surface area contributed by atoms with Crippen molar-refractivity contribution in [2.24, 2.45) is 0 Å². The molecule has 2 aromatic carbocycles. The number of aryl methyl sites for hydroxylation is 2. The van der Waals surface area contributed by atoms with Gasteiger partial charge in [0, 0.05) is 32.2 Å². The first-order valence-corrected chi connectivity index (χ1v) is 8.86. The van der Waals surface area contributed by atoms with Crippen LogP contribution in [-0.2, 0) is 24.1 Å². The molecule has 3 heteroatoms. The van der Waals surface area contributed by atoms with Crippen molar-refractivity contribution < 1.29 is 4.79 Å². The topological polar surface area (TPSA) is 32.3 Å². The Morgan fingerprint density at radius 1 is 1.08 bits per heavy atom. The fourth-order valence-corrected chi connectivity index (χ4v) is 3.33. The molecule has 126 valence electrons. The fraction of sp³-hybridized carbons (Fsp3) is 0.381. The molecule has 1 amide bonds. The summed E-state index contributed by atoms with van der Waals surface area (Å²) in [6, 6.07) is 16.9. The van der Waals surface area contributed by atoms with E-state index in [1.807, 2.05) is 18.2 Å². The third kappa shape index (κ3) is 4.38. The van der Waals surface area contributed by atoms with Crippen LogP contribution in [0.4, 0.5) is 5.69 Å². The number of anilines is 1. The van der Waals surface area contributed by atoms with Crippen molar-refractivity contribution in [2.75, 3.05) is 25.0 Å². The fourth-order valence-electron chi connectivity index (χ4n) is 3.33. The van der Waals surface area contributed by atoms with Gasteiger partial charge in [0.1, 0.15) is 0 Å². The smallest absolute Gasteiger partial charge is 0.220 e. The summed E-state index contributed by atoms with van der Waals surface area (Å²) in [4.78, 5) is 14.3. The van der Waals surface area contributed by atoms with Gasteiger partial charge in [-0.15, -0.1) is 0 Å². The van der Waals surface area contributed by atoms with Gasteiger partial charge in [0.2, 0.25) is 5.91 Å². The van der Waals surface area contributed by atoms with E-state index in [9.17, 15) is 4.79 Å². The van der Waals surface area contributed by atoms with Crippen molar-refractivity contribution in [3.8, 4) is 0 Å². The van der Waals surface area contributed by atoms with Crippen molar-refractivity contribution in [2.45, 2.75) is 32.1 Å². The lowest BCUT2D eigenvalue weighted by atomic mass is 9.98. The minimum Gasteiger partial charge on any atom is -0.374 e. The van der Waals surface area contributed by atoms with Crippen LogP contribution in [0.1, 0.15) is 29.5 Å². The Kier molecular flexibility index (Phi) is 5.52. The number of hydrogen-bond acceptors (Lipinski definition) is 2. The van der Waals surface area contributed by atoms with Crippen LogP contribution in [0, 0.1) is 0 Å². The number of hydrogen-bond donors (Lipinski definition) is 1. The van der Waals surface area contributed by atoms with Gasteiger partial charge in [-0.1, -0.05) is 42.5 Å². The van der Waals surface area contributed by atoms with Gasteiger partial charge in [-0.05, 0) is 48.4 Å². The van der Waals surface area contributed by atoms with E-state index < -0.39 is 0 Å². The van der Waals surface area contributed by atoms with Gasteiger partial charge in [0.15, 0.2) is 0 Å². The number of fused-ring (bicyclic) bond motifs is 1. The summed E-state index contributed by atoms with van der Waals surface area (Å²) in [6.45, 7) is 1.85. The molecule has 0 saturated heterocycles. The Balaban J connectivity index is 1.44. The summed E-state index contributed by atoms with van der Waals surface area (Å²) >= 11 is 0. The number of carbonyl (C=O) groups is 1. The number of nitrogens with one attached hydrogen (secondary N) is 1. The molecule has 0 spiro atoms. The quantitative estimate of drug-likeness (QED) is 0.884. The molecule has 1 aliphatic heterocycles. The van der Waals surface area contributed by atoms with Crippen molar-refractivity contribution in [3.63, 3.8) is 0 Å². The highest BCUT2D eigenvalue weighted by molar-refractivity contribution is 5.76. The summed E-state index contributed by atoms with van der Waals surface area (Å²) < 4.78 is 0. The number of rotatable bonds is 6. The number of amides is 1. The summed E-state index contributed by atoms with van der Waals surface area (Å²) in [7, 11) is 2.16. The average Bonchev–Trinajstić information content (AvgIpc) is 2.61. The average molecular weight is 322 g/mol. The largest absolute Gasteiger partial charge is 0.374 e. The lowest BCUT2D eigenvalue weighted by Gasteiger charge is -2.27. The molecule has 0 aromatic heterocycles. The highest BCUT2D eigenvalue weighted by Crippen LogP contribution is 2.26. The van der Waals surface area contributed by atoms with Crippen LogP contribution in [0.15, 0.2) is 48.5 Å². The minimum absolute atomic E-state index is 0.136. The van der Waals surface area contributed by atoms with E-state index in [0.29, 0.717) is 13.0 Å². The highest BCUT2D eigenvalue weighted by Gasteiger charge is 2.13. The molecule has 3 nitrogen and oxygen atoms in total. The van der Waals surface area contributed by atoms with Crippen LogP contribution in [0.2, 0.25) is 0 Å². The first-order valence-electron chi connectivity index (χ1n) is 8.86. The Morgan fingerprint density at radius 2 is 1.92 bits per heavy atom. The Morgan fingerprint density at radius 3 is 2.75 bits per heavy atom. The van der Waals surface area contributed by atoms with Crippen LogP contribution < -0.4 is 10.2 Å².